The lowest BCUT2D eigenvalue weighted by Gasteiger charge is -2.18. The second kappa shape index (κ2) is 4.61. The summed E-state index contributed by atoms with van der Waals surface area (Å²) in [6.07, 6.45) is 2.61. The van der Waals surface area contributed by atoms with Crippen LogP contribution in [0.1, 0.15) is 19.3 Å². The van der Waals surface area contributed by atoms with Crippen LogP contribution in [0.4, 0.5) is 11.4 Å². The van der Waals surface area contributed by atoms with Crippen LogP contribution in [0.5, 0.6) is 0 Å². The molecule has 94 valence electrons. The molecule has 1 aromatic rings. The number of anilines is 1. The SMILES string of the molecule is O=C1CC(N2CCCC2)=Nc2ccccc2N1Cl. The average molecular weight is 264 g/mol. The topological polar surface area (TPSA) is 35.9 Å². The molecular weight excluding hydrogens is 250 g/mol. The Morgan fingerprint density at radius 2 is 1.89 bits per heavy atom. The van der Waals surface area contributed by atoms with E-state index in [0.717, 1.165) is 24.6 Å². The monoisotopic (exact) mass is 263 g/mol. The smallest absolute Gasteiger partial charge is 0.249 e. The summed E-state index contributed by atoms with van der Waals surface area (Å²) in [5, 5.41) is 0. The average Bonchev–Trinajstić information content (AvgIpc) is 2.87. The first-order valence-electron chi connectivity index (χ1n) is 6.16. The third-order valence-corrected chi connectivity index (χ3v) is 3.71. The largest absolute Gasteiger partial charge is 0.360 e. The first kappa shape index (κ1) is 11.5. The summed E-state index contributed by atoms with van der Waals surface area (Å²) in [5.74, 6) is 0.723. The van der Waals surface area contributed by atoms with Gasteiger partial charge in [0, 0.05) is 24.9 Å². The quantitative estimate of drug-likeness (QED) is 0.675. The Labute approximate surface area is 111 Å². The molecule has 0 atom stereocenters. The van der Waals surface area contributed by atoms with Crippen LogP contribution in [-0.2, 0) is 4.79 Å². The van der Waals surface area contributed by atoms with Gasteiger partial charge < -0.3 is 4.90 Å². The Morgan fingerprint density at radius 3 is 2.67 bits per heavy atom. The van der Waals surface area contributed by atoms with E-state index in [1.165, 1.54) is 17.3 Å². The van der Waals surface area contributed by atoms with Crippen molar-refractivity contribution in [1.29, 1.82) is 0 Å². The summed E-state index contributed by atoms with van der Waals surface area (Å²) >= 11 is 6.07. The molecule has 0 radical (unpaired) electrons. The molecule has 1 saturated heterocycles. The van der Waals surface area contributed by atoms with Crippen LogP contribution in [0.2, 0.25) is 0 Å². The lowest BCUT2D eigenvalue weighted by atomic mass is 10.3. The highest BCUT2D eigenvalue weighted by atomic mass is 35.5. The van der Waals surface area contributed by atoms with Crippen LogP contribution in [-0.4, -0.2) is 29.7 Å². The molecule has 0 aliphatic carbocycles. The summed E-state index contributed by atoms with van der Waals surface area (Å²) in [7, 11) is 0. The minimum absolute atomic E-state index is 0.118. The molecule has 0 aromatic heterocycles. The maximum absolute atomic E-state index is 12.0. The lowest BCUT2D eigenvalue weighted by Crippen LogP contribution is -2.31. The third-order valence-electron chi connectivity index (χ3n) is 3.34. The van der Waals surface area contributed by atoms with Crippen LogP contribution in [0.3, 0.4) is 0 Å². The highest BCUT2D eigenvalue weighted by Gasteiger charge is 2.26. The first-order chi connectivity index (χ1) is 8.75. The molecule has 2 aliphatic rings. The maximum Gasteiger partial charge on any atom is 0.249 e. The molecule has 0 bridgehead atoms. The second-order valence-corrected chi connectivity index (χ2v) is 4.90. The Kier molecular flexibility index (Phi) is 2.96. The summed E-state index contributed by atoms with van der Waals surface area (Å²) in [4.78, 5) is 18.8. The molecule has 5 heteroatoms. The zero-order valence-corrected chi connectivity index (χ0v) is 10.7. The standard InChI is InChI=1S/C13H14ClN3O/c14-17-11-6-2-1-5-10(11)15-12(9-13(17)18)16-7-3-4-8-16/h1-2,5-6H,3-4,7-9H2. The van der Waals surface area contributed by atoms with Crippen molar-refractivity contribution in [3.8, 4) is 0 Å². The van der Waals surface area contributed by atoms with Crippen LogP contribution in [0.15, 0.2) is 29.3 Å². The number of hydrogen-bond acceptors (Lipinski definition) is 3. The molecule has 3 rings (SSSR count). The fourth-order valence-electron chi connectivity index (χ4n) is 2.40. The minimum Gasteiger partial charge on any atom is -0.360 e. The van der Waals surface area contributed by atoms with E-state index in [0.29, 0.717) is 5.69 Å². The molecule has 18 heavy (non-hydrogen) atoms. The predicted octanol–water partition coefficient (Wildman–Crippen LogP) is 2.70. The van der Waals surface area contributed by atoms with Gasteiger partial charge in [-0.2, -0.15) is 0 Å². The Hall–Kier alpha value is -1.55. The molecule has 4 nitrogen and oxygen atoms in total. The number of rotatable bonds is 0. The van der Waals surface area contributed by atoms with E-state index in [9.17, 15) is 4.79 Å². The summed E-state index contributed by atoms with van der Waals surface area (Å²) < 4.78 is 1.18. The molecule has 0 saturated carbocycles. The lowest BCUT2D eigenvalue weighted by molar-refractivity contribution is -0.116. The number of benzene rings is 1. The minimum atomic E-state index is -0.118. The number of nitrogens with zero attached hydrogens (tertiary/aromatic N) is 3. The van der Waals surface area contributed by atoms with Gasteiger partial charge in [0.2, 0.25) is 5.91 Å². The molecule has 0 unspecified atom stereocenters. The highest BCUT2D eigenvalue weighted by Crippen LogP contribution is 2.33. The zero-order chi connectivity index (χ0) is 12.5. The third kappa shape index (κ3) is 1.97. The van der Waals surface area contributed by atoms with Crippen molar-refractivity contribution in [2.24, 2.45) is 4.99 Å². The van der Waals surface area contributed by atoms with E-state index in [1.807, 2.05) is 24.3 Å². The van der Waals surface area contributed by atoms with Crippen LogP contribution in [0, 0.1) is 0 Å². The first-order valence-corrected chi connectivity index (χ1v) is 6.50. The Bertz CT molecular complexity index is 509. The fourth-order valence-corrected chi connectivity index (χ4v) is 2.60. The maximum atomic E-state index is 12.0. The van der Waals surface area contributed by atoms with Crippen molar-refractivity contribution in [3.63, 3.8) is 0 Å². The van der Waals surface area contributed by atoms with Crippen molar-refractivity contribution in [2.45, 2.75) is 19.3 Å². The van der Waals surface area contributed by atoms with E-state index in [-0.39, 0.29) is 12.3 Å². The van der Waals surface area contributed by atoms with Crippen molar-refractivity contribution < 1.29 is 4.79 Å². The van der Waals surface area contributed by atoms with Crippen LogP contribution < -0.4 is 4.42 Å². The van der Waals surface area contributed by atoms with Crippen molar-refractivity contribution in [1.82, 2.24) is 4.90 Å². The van der Waals surface area contributed by atoms with Gasteiger partial charge in [0.25, 0.3) is 0 Å². The highest BCUT2D eigenvalue weighted by molar-refractivity contribution is 6.39. The number of likely N-dealkylation sites (tertiary alicyclic amines) is 1. The van der Waals surface area contributed by atoms with Gasteiger partial charge in [-0.25, -0.2) is 9.41 Å². The molecule has 2 heterocycles. The summed E-state index contributed by atoms with van der Waals surface area (Å²) in [5.41, 5.74) is 1.43. The number of hydrogen-bond donors (Lipinski definition) is 0. The van der Waals surface area contributed by atoms with E-state index in [2.05, 4.69) is 9.89 Å². The number of aliphatic imine (C=N–C) groups is 1. The summed E-state index contributed by atoms with van der Waals surface area (Å²) in [6, 6.07) is 7.47. The normalized spacial score (nSPS) is 19.6. The van der Waals surface area contributed by atoms with Gasteiger partial charge in [-0.15, -0.1) is 0 Å². The second-order valence-electron chi connectivity index (χ2n) is 4.56. The number of amides is 1. The number of fused-ring (bicyclic) bond motifs is 1. The number of carbonyl (C=O) groups excluding carboxylic acids is 1. The number of para-hydroxylation sites is 2. The van der Waals surface area contributed by atoms with Crippen molar-refractivity contribution in [2.75, 3.05) is 17.5 Å². The Morgan fingerprint density at radius 1 is 1.17 bits per heavy atom. The molecule has 2 aliphatic heterocycles. The molecular formula is C13H14ClN3O. The van der Waals surface area contributed by atoms with Crippen molar-refractivity contribution in [3.05, 3.63) is 24.3 Å². The van der Waals surface area contributed by atoms with Gasteiger partial charge in [-0.05, 0) is 25.0 Å². The van der Waals surface area contributed by atoms with Crippen LogP contribution in [0.25, 0.3) is 0 Å². The van der Waals surface area contributed by atoms with E-state index in [4.69, 9.17) is 11.8 Å². The summed E-state index contributed by atoms with van der Waals surface area (Å²) in [6.45, 7) is 1.97. The van der Waals surface area contributed by atoms with Gasteiger partial charge in [0.1, 0.15) is 5.84 Å². The predicted molar refractivity (Wildman–Crippen MR) is 72.3 cm³/mol. The van der Waals surface area contributed by atoms with Crippen LogP contribution >= 0.6 is 11.8 Å². The van der Waals surface area contributed by atoms with E-state index >= 15 is 0 Å². The van der Waals surface area contributed by atoms with Gasteiger partial charge in [-0.1, -0.05) is 12.1 Å². The van der Waals surface area contributed by atoms with E-state index in [1.54, 1.807) is 0 Å². The van der Waals surface area contributed by atoms with Gasteiger partial charge in [0.15, 0.2) is 0 Å². The fraction of sp³-hybridized carbons (Fsp3) is 0.385. The molecule has 0 N–H and O–H groups in total. The number of carbonyl (C=O) groups is 1. The number of amidine groups is 1. The molecule has 1 aromatic carbocycles. The van der Waals surface area contributed by atoms with E-state index < -0.39 is 0 Å². The van der Waals surface area contributed by atoms with Gasteiger partial charge in [0.05, 0.1) is 17.8 Å². The zero-order valence-electron chi connectivity index (χ0n) is 9.97. The molecule has 1 amide bonds. The van der Waals surface area contributed by atoms with Gasteiger partial charge in [-0.3, -0.25) is 4.79 Å². The number of halogens is 1. The Balaban J connectivity index is 2.02. The molecule has 1 fully saturated rings. The molecule has 0 spiro atoms. The van der Waals surface area contributed by atoms with Gasteiger partial charge >= 0.3 is 0 Å². The van der Waals surface area contributed by atoms with Crippen molar-refractivity contribution >= 4 is 34.9 Å².